The molecule has 0 spiro atoms. The van der Waals surface area contributed by atoms with E-state index in [9.17, 15) is 4.39 Å². The van der Waals surface area contributed by atoms with Gasteiger partial charge in [-0.3, -0.25) is 0 Å². The van der Waals surface area contributed by atoms with Crippen LogP contribution in [0.15, 0.2) is 30.3 Å². The van der Waals surface area contributed by atoms with Crippen molar-refractivity contribution in [2.75, 3.05) is 5.73 Å². The Labute approximate surface area is 90.8 Å². The van der Waals surface area contributed by atoms with Crippen molar-refractivity contribution >= 4 is 18.0 Å². The average molecular weight is 221 g/mol. The van der Waals surface area contributed by atoms with Crippen LogP contribution in [0.25, 0.3) is 11.3 Å². The lowest BCUT2D eigenvalue weighted by Gasteiger charge is -2.02. The molecule has 0 aliphatic heterocycles. The molecule has 0 atom stereocenters. The zero-order valence-electron chi connectivity index (χ0n) is 7.70. The largest absolute Gasteiger partial charge is 0.384 e. The van der Waals surface area contributed by atoms with Crippen LogP contribution in [-0.4, -0.2) is 9.97 Å². The van der Waals surface area contributed by atoms with Crippen molar-refractivity contribution in [3.05, 3.63) is 40.9 Å². The third-order valence-electron chi connectivity index (χ3n) is 1.92. The van der Waals surface area contributed by atoms with Crippen LogP contribution in [0.3, 0.4) is 0 Å². The topological polar surface area (TPSA) is 54.7 Å². The Bertz CT molecular complexity index is 533. The summed E-state index contributed by atoms with van der Waals surface area (Å²) in [6.45, 7) is 0. The van der Waals surface area contributed by atoms with Gasteiger partial charge in [0.2, 0.25) is 0 Å². The number of hydrogen-bond acceptors (Lipinski definition) is 3. The van der Waals surface area contributed by atoms with E-state index in [2.05, 4.69) is 9.97 Å². The van der Waals surface area contributed by atoms with E-state index in [0.29, 0.717) is 10.6 Å². The molecule has 0 saturated carbocycles. The summed E-state index contributed by atoms with van der Waals surface area (Å²) in [5, 5.41) is 0. The number of H-pyrrole nitrogens is 1. The predicted octanol–water partition coefficient (Wildman–Crippen LogP) is 2.53. The number of nitrogens with one attached hydrogen (secondary N) is 1. The summed E-state index contributed by atoms with van der Waals surface area (Å²) in [7, 11) is 0. The Morgan fingerprint density at radius 3 is 2.53 bits per heavy atom. The summed E-state index contributed by atoms with van der Waals surface area (Å²) in [5.41, 5.74) is 7.10. The molecule has 0 fully saturated rings. The van der Waals surface area contributed by atoms with Crippen LogP contribution < -0.4 is 5.73 Å². The number of halogens is 1. The van der Waals surface area contributed by atoms with Crippen LogP contribution >= 0.6 is 12.2 Å². The molecule has 1 aromatic carbocycles. The van der Waals surface area contributed by atoms with Gasteiger partial charge in [-0.1, -0.05) is 0 Å². The van der Waals surface area contributed by atoms with E-state index in [1.165, 1.54) is 12.1 Å². The molecule has 0 radical (unpaired) electrons. The minimum Gasteiger partial charge on any atom is -0.384 e. The SMILES string of the molecule is Nc1cc(-c2ccc(F)cc2)[nH]c(=S)n1. The smallest absolute Gasteiger partial charge is 0.199 e. The summed E-state index contributed by atoms with van der Waals surface area (Å²) in [6.07, 6.45) is 0. The molecule has 15 heavy (non-hydrogen) atoms. The third kappa shape index (κ3) is 2.19. The fourth-order valence-electron chi connectivity index (χ4n) is 1.26. The Morgan fingerprint density at radius 1 is 1.27 bits per heavy atom. The van der Waals surface area contributed by atoms with Gasteiger partial charge < -0.3 is 10.7 Å². The van der Waals surface area contributed by atoms with Crippen molar-refractivity contribution in [1.82, 2.24) is 9.97 Å². The molecule has 2 rings (SSSR count). The first-order valence-electron chi connectivity index (χ1n) is 4.28. The van der Waals surface area contributed by atoms with Gasteiger partial charge in [0.25, 0.3) is 0 Å². The van der Waals surface area contributed by atoms with Crippen LogP contribution in [0.5, 0.6) is 0 Å². The van der Waals surface area contributed by atoms with Crippen molar-refractivity contribution in [2.45, 2.75) is 0 Å². The first-order valence-corrected chi connectivity index (χ1v) is 4.69. The van der Waals surface area contributed by atoms with Gasteiger partial charge in [0.15, 0.2) is 4.77 Å². The van der Waals surface area contributed by atoms with Gasteiger partial charge in [0.1, 0.15) is 11.6 Å². The Balaban J connectivity index is 2.54. The van der Waals surface area contributed by atoms with E-state index in [1.54, 1.807) is 18.2 Å². The summed E-state index contributed by atoms with van der Waals surface area (Å²) < 4.78 is 13.0. The highest BCUT2D eigenvalue weighted by atomic mass is 32.1. The maximum Gasteiger partial charge on any atom is 0.199 e. The summed E-state index contributed by atoms with van der Waals surface area (Å²) in [5.74, 6) is 0.0671. The van der Waals surface area contributed by atoms with E-state index < -0.39 is 0 Å². The summed E-state index contributed by atoms with van der Waals surface area (Å²) >= 11 is 4.89. The van der Waals surface area contributed by atoms with E-state index in [-0.39, 0.29) is 5.82 Å². The zero-order chi connectivity index (χ0) is 10.8. The Morgan fingerprint density at radius 2 is 1.93 bits per heavy atom. The monoisotopic (exact) mass is 221 g/mol. The van der Waals surface area contributed by atoms with Gasteiger partial charge in [-0.25, -0.2) is 9.37 Å². The number of aromatic nitrogens is 2. The Kier molecular flexibility index (Phi) is 2.47. The van der Waals surface area contributed by atoms with E-state index >= 15 is 0 Å². The van der Waals surface area contributed by atoms with Crippen molar-refractivity contribution in [3.63, 3.8) is 0 Å². The number of hydrogen-bond donors (Lipinski definition) is 2. The van der Waals surface area contributed by atoms with Crippen molar-refractivity contribution < 1.29 is 4.39 Å². The van der Waals surface area contributed by atoms with Gasteiger partial charge in [0, 0.05) is 6.07 Å². The first-order chi connectivity index (χ1) is 7.15. The second-order valence-electron chi connectivity index (χ2n) is 3.03. The molecule has 0 aliphatic carbocycles. The number of benzene rings is 1. The predicted molar refractivity (Wildman–Crippen MR) is 59.2 cm³/mol. The minimum absolute atomic E-state index is 0.278. The second-order valence-corrected chi connectivity index (χ2v) is 3.42. The van der Waals surface area contributed by atoms with Crippen molar-refractivity contribution in [3.8, 4) is 11.3 Å². The van der Waals surface area contributed by atoms with Gasteiger partial charge in [-0.15, -0.1) is 0 Å². The molecular weight excluding hydrogens is 213 g/mol. The molecule has 3 nitrogen and oxygen atoms in total. The standard InChI is InChI=1S/C10H8FN3S/c11-7-3-1-6(2-4-7)8-5-9(12)14-10(15)13-8/h1-5H,(H3,12,13,14,15). The highest BCUT2D eigenvalue weighted by molar-refractivity contribution is 7.71. The maximum absolute atomic E-state index is 12.7. The summed E-state index contributed by atoms with van der Waals surface area (Å²) in [4.78, 5) is 6.73. The molecular formula is C10H8FN3S. The molecule has 0 unspecified atom stereocenters. The van der Waals surface area contributed by atoms with Crippen LogP contribution in [-0.2, 0) is 0 Å². The van der Waals surface area contributed by atoms with Gasteiger partial charge >= 0.3 is 0 Å². The summed E-state index contributed by atoms with van der Waals surface area (Å²) in [6, 6.07) is 7.71. The number of rotatable bonds is 1. The molecule has 0 aliphatic rings. The quantitative estimate of drug-likeness (QED) is 0.727. The molecule has 1 aromatic heterocycles. The fraction of sp³-hybridized carbons (Fsp3) is 0. The number of aromatic amines is 1. The second kappa shape index (κ2) is 3.78. The maximum atomic E-state index is 12.7. The van der Waals surface area contributed by atoms with Crippen LogP contribution in [0.4, 0.5) is 10.2 Å². The van der Waals surface area contributed by atoms with Crippen LogP contribution in [0, 0.1) is 10.6 Å². The van der Waals surface area contributed by atoms with Crippen molar-refractivity contribution in [1.29, 1.82) is 0 Å². The number of anilines is 1. The van der Waals surface area contributed by atoms with Gasteiger partial charge in [0.05, 0.1) is 5.69 Å². The molecule has 5 heteroatoms. The first kappa shape index (κ1) is 9.79. The van der Waals surface area contributed by atoms with Crippen LogP contribution in [0.1, 0.15) is 0 Å². The molecule has 3 N–H and O–H groups in total. The molecule has 0 amide bonds. The third-order valence-corrected chi connectivity index (χ3v) is 2.11. The molecule has 0 saturated heterocycles. The highest BCUT2D eigenvalue weighted by Crippen LogP contribution is 2.18. The molecule has 2 aromatic rings. The lowest BCUT2D eigenvalue weighted by atomic mass is 10.1. The molecule has 1 heterocycles. The normalized spacial score (nSPS) is 10.2. The minimum atomic E-state index is -0.278. The van der Waals surface area contributed by atoms with Gasteiger partial charge in [-0.05, 0) is 42.0 Å². The Hall–Kier alpha value is -1.75. The van der Waals surface area contributed by atoms with E-state index in [0.717, 1.165) is 11.3 Å². The molecule has 76 valence electrons. The fourth-order valence-corrected chi connectivity index (χ4v) is 1.48. The lowest BCUT2D eigenvalue weighted by Crippen LogP contribution is -1.94. The van der Waals surface area contributed by atoms with E-state index in [1.807, 2.05) is 0 Å². The zero-order valence-corrected chi connectivity index (χ0v) is 8.51. The number of nitrogens with zero attached hydrogens (tertiary/aromatic N) is 1. The van der Waals surface area contributed by atoms with Gasteiger partial charge in [-0.2, -0.15) is 0 Å². The number of nitrogen functional groups attached to an aromatic ring is 1. The lowest BCUT2D eigenvalue weighted by molar-refractivity contribution is 0.628. The number of nitrogens with two attached hydrogens (primary N) is 1. The van der Waals surface area contributed by atoms with Crippen LogP contribution in [0.2, 0.25) is 0 Å². The van der Waals surface area contributed by atoms with E-state index in [4.69, 9.17) is 18.0 Å². The average Bonchev–Trinajstić information content (AvgIpc) is 2.17. The highest BCUT2D eigenvalue weighted by Gasteiger charge is 2.00. The van der Waals surface area contributed by atoms with Crippen molar-refractivity contribution in [2.24, 2.45) is 0 Å². The molecule has 0 bridgehead atoms.